The number of ketones is 1. The number of quaternary nitrogens is 1. The fourth-order valence-corrected chi connectivity index (χ4v) is 2.08. The Morgan fingerprint density at radius 3 is 2.53 bits per heavy atom. The lowest BCUT2D eigenvalue weighted by Gasteiger charge is -2.23. The van der Waals surface area contributed by atoms with E-state index in [0.717, 1.165) is 29.3 Å². The van der Waals surface area contributed by atoms with E-state index in [1.54, 1.807) is 6.92 Å². The van der Waals surface area contributed by atoms with Crippen molar-refractivity contribution in [2.24, 2.45) is 0 Å². The van der Waals surface area contributed by atoms with Gasteiger partial charge in [0.15, 0.2) is 5.57 Å². The third-order valence-electron chi connectivity index (χ3n) is 2.88. The second-order valence-electron chi connectivity index (χ2n) is 4.14. The molecule has 1 heterocycles. The van der Waals surface area contributed by atoms with Crippen LogP contribution in [-0.4, -0.2) is 24.9 Å². The van der Waals surface area contributed by atoms with E-state index in [2.05, 4.69) is 6.92 Å². The van der Waals surface area contributed by atoms with Gasteiger partial charge < -0.3 is 4.74 Å². The number of carbonyl (C=O) groups is 2. The van der Waals surface area contributed by atoms with Crippen LogP contribution in [0, 0.1) is 0 Å². The molecule has 0 aromatic carbocycles. The van der Waals surface area contributed by atoms with Crippen molar-refractivity contribution in [2.45, 2.75) is 34.1 Å². The summed E-state index contributed by atoms with van der Waals surface area (Å²) >= 11 is 0. The van der Waals surface area contributed by atoms with Crippen molar-refractivity contribution in [2.75, 3.05) is 13.2 Å². The molecule has 0 aromatic rings. The quantitative estimate of drug-likeness (QED) is 0.576. The summed E-state index contributed by atoms with van der Waals surface area (Å²) in [7, 11) is 0. The number of ether oxygens (including phenoxy) is 1. The molecule has 17 heavy (non-hydrogen) atoms. The average molecular weight is 238 g/mol. The Labute approximate surface area is 102 Å². The molecule has 0 saturated heterocycles. The van der Waals surface area contributed by atoms with Gasteiger partial charge in [-0.15, -0.1) is 0 Å². The molecule has 0 saturated carbocycles. The summed E-state index contributed by atoms with van der Waals surface area (Å²) in [6, 6.07) is 0. The summed E-state index contributed by atoms with van der Waals surface area (Å²) in [6.45, 7) is 8.71. The highest BCUT2D eigenvalue weighted by Crippen LogP contribution is 2.10. The molecule has 1 atom stereocenters. The van der Waals surface area contributed by atoms with E-state index >= 15 is 0 Å². The van der Waals surface area contributed by atoms with E-state index < -0.39 is 5.97 Å². The van der Waals surface area contributed by atoms with E-state index in [4.69, 9.17) is 4.74 Å². The van der Waals surface area contributed by atoms with Gasteiger partial charge in [0.25, 0.3) is 0 Å². The summed E-state index contributed by atoms with van der Waals surface area (Å²) in [6.07, 6.45) is 2.52. The molecule has 0 fully saturated rings. The number of esters is 1. The van der Waals surface area contributed by atoms with Gasteiger partial charge in [-0.3, -0.25) is 9.69 Å². The van der Waals surface area contributed by atoms with Crippen molar-refractivity contribution in [3.8, 4) is 0 Å². The van der Waals surface area contributed by atoms with Crippen LogP contribution in [0.25, 0.3) is 0 Å². The molecule has 0 aromatic heterocycles. The van der Waals surface area contributed by atoms with E-state index in [0.29, 0.717) is 0 Å². The molecular formula is C13H20NO3+. The molecule has 0 amide bonds. The van der Waals surface area contributed by atoms with Crippen LogP contribution >= 0.6 is 0 Å². The topological polar surface area (TPSA) is 47.8 Å². The van der Waals surface area contributed by atoms with Gasteiger partial charge in [-0.25, -0.2) is 4.79 Å². The maximum atomic E-state index is 11.8. The standard InChI is InChI=1S/C13H19NO3/c1-5-7-14-9(3)8-11(15)12(10(14)4)13(16)17-6-2/h8H,5-7H2,1-4H3/p+1. The first kappa shape index (κ1) is 13.6. The van der Waals surface area contributed by atoms with Gasteiger partial charge in [0.2, 0.25) is 5.78 Å². The minimum absolute atomic E-state index is 0.195. The van der Waals surface area contributed by atoms with E-state index in [1.807, 2.05) is 13.8 Å². The molecular weight excluding hydrogens is 218 g/mol. The number of allylic oxidation sites excluding steroid dienone is 3. The third kappa shape index (κ3) is 2.82. The summed E-state index contributed by atoms with van der Waals surface area (Å²) < 4.78 is 4.92. The van der Waals surface area contributed by atoms with Crippen molar-refractivity contribution in [1.29, 1.82) is 0 Å². The zero-order valence-corrected chi connectivity index (χ0v) is 10.9. The van der Waals surface area contributed by atoms with Crippen LogP contribution in [0.4, 0.5) is 0 Å². The summed E-state index contributed by atoms with van der Waals surface area (Å²) in [5.74, 6) is -0.745. The molecule has 4 heteroatoms. The Balaban J connectivity index is 3.08. The molecule has 0 bridgehead atoms. The number of hydrogen-bond acceptors (Lipinski definition) is 3. The molecule has 1 aliphatic heterocycles. The molecule has 4 nitrogen and oxygen atoms in total. The molecule has 1 rings (SSSR count). The zero-order valence-electron chi connectivity index (χ0n) is 10.9. The molecule has 1 aliphatic rings. The largest absolute Gasteiger partial charge is 0.462 e. The Kier molecular flexibility index (Phi) is 4.63. The first-order valence-electron chi connectivity index (χ1n) is 6.00. The van der Waals surface area contributed by atoms with Gasteiger partial charge in [-0.1, -0.05) is 6.92 Å². The highest BCUT2D eigenvalue weighted by molar-refractivity contribution is 6.22. The van der Waals surface area contributed by atoms with Gasteiger partial charge in [-0.2, -0.15) is 0 Å². The maximum absolute atomic E-state index is 11.8. The van der Waals surface area contributed by atoms with Gasteiger partial charge in [-0.05, 0) is 13.3 Å². The summed E-state index contributed by atoms with van der Waals surface area (Å²) in [5.41, 5.74) is 1.93. The number of rotatable bonds is 4. The maximum Gasteiger partial charge on any atom is 0.347 e. The van der Waals surface area contributed by atoms with Gasteiger partial charge in [0.05, 0.1) is 13.2 Å². The molecule has 1 unspecified atom stereocenters. The molecule has 0 spiro atoms. The number of carbonyl (C=O) groups excluding carboxylic acids is 2. The predicted octanol–water partition coefficient (Wildman–Crippen LogP) is 0.605. The lowest BCUT2D eigenvalue weighted by molar-refractivity contribution is -0.820. The van der Waals surface area contributed by atoms with Crippen molar-refractivity contribution < 1.29 is 19.2 Å². The van der Waals surface area contributed by atoms with Crippen LogP contribution in [0.2, 0.25) is 0 Å². The highest BCUT2D eigenvalue weighted by atomic mass is 16.5. The van der Waals surface area contributed by atoms with Gasteiger partial charge in [0.1, 0.15) is 11.4 Å². The lowest BCUT2D eigenvalue weighted by Crippen LogP contribution is -3.08. The first-order chi connectivity index (χ1) is 8.02. The van der Waals surface area contributed by atoms with Crippen molar-refractivity contribution in [3.63, 3.8) is 0 Å². The molecule has 0 aliphatic carbocycles. The fraction of sp³-hybridized carbons (Fsp3) is 0.538. The van der Waals surface area contributed by atoms with Crippen LogP contribution in [0.5, 0.6) is 0 Å². The smallest absolute Gasteiger partial charge is 0.347 e. The van der Waals surface area contributed by atoms with E-state index in [-0.39, 0.29) is 18.0 Å². The highest BCUT2D eigenvalue weighted by Gasteiger charge is 2.32. The van der Waals surface area contributed by atoms with Gasteiger partial charge in [0, 0.05) is 19.9 Å². The summed E-state index contributed by atoms with van der Waals surface area (Å²) in [4.78, 5) is 24.7. The lowest BCUT2D eigenvalue weighted by atomic mass is 10.0. The Morgan fingerprint density at radius 1 is 1.35 bits per heavy atom. The van der Waals surface area contributed by atoms with E-state index in [9.17, 15) is 9.59 Å². The predicted molar refractivity (Wildman–Crippen MR) is 64.2 cm³/mol. The van der Waals surface area contributed by atoms with Crippen molar-refractivity contribution in [1.82, 2.24) is 0 Å². The number of hydrogen-bond donors (Lipinski definition) is 1. The SMILES string of the molecule is CCC[NH+]1C(C)=CC(=O)C(C(=O)OCC)=C1C. The van der Waals surface area contributed by atoms with Crippen molar-refractivity contribution >= 4 is 11.8 Å². The summed E-state index contributed by atoms with van der Waals surface area (Å²) in [5, 5.41) is 0. The van der Waals surface area contributed by atoms with E-state index in [1.165, 1.54) is 6.08 Å². The normalized spacial score (nSPS) is 20.4. The molecule has 0 radical (unpaired) electrons. The first-order valence-corrected chi connectivity index (χ1v) is 6.00. The van der Waals surface area contributed by atoms with Crippen LogP contribution in [-0.2, 0) is 14.3 Å². The Bertz CT molecular complexity index is 393. The monoisotopic (exact) mass is 238 g/mol. The fourth-order valence-electron chi connectivity index (χ4n) is 2.08. The average Bonchev–Trinajstić information content (AvgIpc) is 2.24. The van der Waals surface area contributed by atoms with Crippen LogP contribution < -0.4 is 4.90 Å². The molecule has 94 valence electrons. The zero-order chi connectivity index (χ0) is 13.0. The Morgan fingerprint density at radius 2 is 2.00 bits per heavy atom. The van der Waals surface area contributed by atoms with Gasteiger partial charge >= 0.3 is 5.97 Å². The Hall–Kier alpha value is -1.42. The van der Waals surface area contributed by atoms with Crippen LogP contribution in [0.3, 0.4) is 0 Å². The third-order valence-corrected chi connectivity index (χ3v) is 2.88. The molecule has 1 N–H and O–H groups in total. The van der Waals surface area contributed by atoms with Crippen LogP contribution in [0.1, 0.15) is 34.1 Å². The minimum atomic E-state index is -0.507. The second-order valence-corrected chi connectivity index (χ2v) is 4.14. The van der Waals surface area contributed by atoms with Crippen molar-refractivity contribution in [3.05, 3.63) is 23.0 Å². The van der Waals surface area contributed by atoms with Crippen LogP contribution in [0.15, 0.2) is 23.0 Å². The second kappa shape index (κ2) is 5.77. The minimum Gasteiger partial charge on any atom is -0.462 e. The number of nitrogens with one attached hydrogen (secondary N) is 1.